The minimum absolute atomic E-state index is 0.00208. The number of hydrogen-bond donors (Lipinski definition) is 0. The molecule has 0 aliphatic carbocycles. The molecular weight excluding hydrogens is 220 g/mol. The second-order valence-electron chi connectivity index (χ2n) is 4.35. The summed E-state index contributed by atoms with van der Waals surface area (Å²) < 4.78 is 21.7. The maximum atomic E-state index is 5.58. The third-order valence-electron chi connectivity index (χ3n) is 2.94. The molecule has 2 rings (SSSR count). The smallest absolute Gasteiger partial charge is 0.158 e. The Hall–Kier alpha value is -0.420. The quantitative estimate of drug-likeness (QED) is 0.669. The Balaban J connectivity index is 1.46. The van der Waals surface area contributed by atoms with Gasteiger partial charge in [0.15, 0.2) is 12.6 Å². The van der Waals surface area contributed by atoms with Crippen LogP contribution in [-0.2, 0) is 18.9 Å². The third-order valence-corrected chi connectivity index (χ3v) is 2.94. The molecule has 0 aromatic heterocycles. The largest absolute Gasteiger partial charge is 0.353 e. The van der Waals surface area contributed by atoms with Crippen LogP contribution in [0.2, 0.25) is 0 Å². The average molecular weight is 242 g/mol. The zero-order valence-corrected chi connectivity index (χ0v) is 10.3. The standard InChI is InChI=1S/C13H22O4/c1(2-6-13-16-10-11-17-13)4-8-14-12-7-3-5-9-15-12/h1,4,12-13H,2-3,5-11H2/b4-1+. The van der Waals surface area contributed by atoms with Gasteiger partial charge in [-0.15, -0.1) is 0 Å². The molecule has 4 heteroatoms. The summed E-state index contributed by atoms with van der Waals surface area (Å²) in [5.41, 5.74) is 0. The van der Waals surface area contributed by atoms with Crippen molar-refractivity contribution in [2.24, 2.45) is 0 Å². The van der Waals surface area contributed by atoms with Gasteiger partial charge in [-0.05, 0) is 25.7 Å². The maximum Gasteiger partial charge on any atom is 0.158 e. The van der Waals surface area contributed by atoms with E-state index in [0.717, 1.165) is 45.5 Å². The Bertz CT molecular complexity index is 217. The van der Waals surface area contributed by atoms with Crippen LogP contribution in [0.1, 0.15) is 32.1 Å². The molecule has 0 bridgehead atoms. The lowest BCUT2D eigenvalue weighted by atomic mass is 10.2. The predicted octanol–water partition coefficient (Wildman–Crippen LogP) is 2.24. The SMILES string of the molecule is C(=C\COC1CCCCO1)/CCC1OCCO1. The van der Waals surface area contributed by atoms with Crippen molar-refractivity contribution in [2.45, 2.75) is 44.7 Å². The normalized spacial score (nSPS) is 26.9. The predicted molar refractivity (Wildman–Crippen MR) is 63.6 cm³/mol. The number of rotatable bonds is 6. The Kier molecular flexibility index (Phi) is 5.99. The molecule has 17 heavy (non-hydrogen) atoms. The molecule has 2 saturated heterocycles. The lowest BCUT2D eigenvalue weighted by Gasteiger charge is -2.21. The van der Waals surface area contributed by atoms with Gasteiger partial charge in [-0.2, -0.15) is 0 Å². The number of hydrogen-bond acceptors (Lipinski definition) is 4. The van der Waals surface area contributed by atoms with E-state index in [4.69, 9.17) is 18.9 Å². The van der Waals surface area contributed by atoms with Crippen LogP contribution in [0.5, 0.6) is 0 Å². The van der Waals surface area contributed by atoms with Gasteiger partial charge in [0.1, 0.15) is 0 Å². The number of ether oxygens (including phenoxy) is 4. The zero-order valence-electron chi connectivity index (χ0n) is 10.3. The molecule has 0 amide bonds. The van der Waals surface area contributed by atoms with Crippen molar-refractivity contribution in [3.8, 4) is 0 Å². The highest BCUT2D eigenvalue weighted by atomic mass is 16.7. The van der Waals surface area contributed by atoms with Crippen molar-refractivity contribution >= 4 is 0 Å². The van der Waals surface area contributed by atoms with Gasteiger partial charge < -0.3 is 18.9 Å². The lowest BCUT2D eigenvalue weighted by molar-refractivity contribution is -0.155. The van der Waals surface area contributed by atoms with Gasteiger partial charge in [-0.3, -0.25) is 0 Å². The first-order chi connectivity index (χ1) is 8.45. The molecule has 2 aliphatic heterocycles. The molecule has 98 valence electrons. The fourth-order valence-corrected chi connectivity index (χ4v) is 2.00. The van der Waals surface area contributed by atoms with Crippen LogP contribution in [0.25, 0.3) is 0 Å². The van der Waals surface area contributed by atoms with E-state index in [1.165, 1.54) is 6.42 Å². The van der Waals surface area contributed by atoms with E-state index in [1.54, 1.807) is 0 Å². The third kappa shape index (κ3) is 5.17. The van der Waals surface area contributed by atoms with Gasteiger partial charge in [-0.25, -0.2) is 0 Å². The van der Waals surface area contributed by atoms with E-state index < -0.39 is 0 Å². The second-order valence-corrected chi connectivity index (χ2v) is 4.35. The van der Waals surface area contributed by atoms with Crippen LogP contribution in [0, 0.1) is 0 Å². The summed E-state index contributed by atoms with van der Waals surface area (Å²) in [5.74, 6) is 0. The highest BCUT2D eigenvalue weighted by Gasteiger charge is 2.14. The van der Waals surface area contributed by atoms with Gasteiger partial charge in [-0.1, -0.05) is 12.2 Å². The summed E-state index contributed by atoms with van der Waals surface area (Å²) in [4.78, 5) is 0. The summed E-state index contributed by atoms with van der Waals surface area (Å²) in [5, 5.41) is 0. The summed E-state index contributed by atoms with van der Waals surface area (Å²) in [6.45, 7) is 2.94. The van der Waals surface area contributed by atoms with Crippen molar-refractivity contribution in [1.82, 2.24) is 0 Å². The molecule has 1 unspecified atom stereocenters. The van der Waals surface area contributed by atoms with E-state index in [9.17, 15) is 0 Å². The first kappa shape index (κ1) is 13.0. The van der Waals surface area contributed by atoms with Crippen molar-refractivity contribution in [2.75, 3.05) is 26.4 Å². The second kappa shape index (κ2) is 7.82. The average Bonchev–Trinajstić information content (AvgIpc) is 2.88. The minimum atomic E-state index is 0.00208. The molecule has 0 radical (unpaired) electrons. The first-order valence-corrected chi connectivity index (χ1v) is 6.56. The summed E-state index contributed by atoms with van der Waals surface area (Å²) >= 11 is 0. The summed E-state index contributed by atoms with van der Waals surface area (Å²) in [7, 11) is 0. The van der Waals surface area contributed by atoms with Crippen LogP contribution in [-0.4, -0.2) is 39.0 Å². The molecule has 2 heterocycles. The Morgan fingerprint density at radius 3 is 2.65 bits per heavy atom. The molecule has 0 N–H and O–H groups in total. The number of allylic oxidation sites excluding steroid dienone is 1. The van der Waals surface area contributed by atoms with Crippen molar-refractivity contribution in [1.29, 1.82) is 0 Å². The molecule has 0 aromatic rings. The molecule has 2 fully saturated rings. The van der Waals surface area contributed by atoms with E-state index in [0.29, 0.717) is 6.61 Å². The fourth-order valence-electron chi connectivity index (χ4n) is 2.00. The summed E-state index contributed by atoms with van der Waals surface area (Å²) in [6.07, 6.45) is 9.48. The van der Waals surface area contributed by atoms with Crippen molar-refractivity contribution in [3.63, 3.8) is 0 Å². The highest BCUT2D eigenvalue weighted by Crippen LogP contribution is 2.13. The molecule has 0 saturated carbocycles. The van der Waals surface area contributed by atoms with Gasteiger partial charge in [0.25, 0.3) is 0 Å². The van der Waals surface area contributed by atoms with E-state index >= 15 is 0 Å². The molecule has 1 atom stereocenters. The van der Waals surface area contributed by atoms with Crippen molar-refractivity contribution in [3.05, 3.63) is 12.2 Å². The Morgan fingerprint density at radius 2 is 1.88 bits per heavy atom. The molecule has 2 aliphatic rings. The molecule has 0 aromatic carbocycles. The first-order valence-electron chi connectivity index (χ1n) is 6.56. The van der Waals surface area contributed by atoms with Crippen molar-refractivity contribution < 1.29 is 18.9 Å². The van der Waals surface area contributed by atoms with Crippen LogP contribution in [0.4, 0.5) is 0 Å². The van der Waals surface area contributed by atoms with E-state index in [1.807, 2.05) is 6.08 Å². The minimum Gasteiger partial charge on any atom is -0.353 e. The van der Waals surface area contributed by atoms with E-state index in [-0.39, 0.29) is 12.6 Å². The van der Waals surface area contributed by atoms with Gasteiger partial charge in [0.05, 0.1) is 19.8 Å². The van der Waals surface area contributed by atoms with E-state index in [2.05, 4.69) is 6.08 Å². The fraction of sp³-hybridized carbons (Fsp3) is 0.846. The van der Waals surface area contributed by atoms with Gasteiger partial charge in [0.2, 0.25) is 0 Å². The lowest BCUT2D eigenvalue weighted by Crippen LogP contribution is -2.22. The highest BCUT2D eigenvalue weighted by molar-refractivity contribution is 4.82. The Morgan fingerprint density at radius 1 is 1.00 bits per heavy atom. The van der Waals surface area contributed by atoms with Crippen LogP contribution < -0.4 is 0 Å². The van der Waals surface area contributed by atoms with Crippen LogP contribution in [0.3, 0.4) is 0 Å². The molecular formula is C13H22O4. The zero-order chi connectivity index (χ0) is 11.8. The van der Waals surface area contributed by atoms with Gasteiger partial charge >= 0.3 is 0 Å². The van der Waals surface area contributed by atoms with Gasteiger partial charge in [0, 0.05) is 13.0 Å². The topological polar surface area (TPSA) is 36.9 Å². The Labute approximate surface area is 103 Å². The maximum absolute atomic E-state index is 5.58. The summed E-state index contributed by atoms with van der Waals surface area (Å²) in [6, 6.07) is 0. The van der Waals surface area contributed by atoms with Crippen LogP contribution >= 0.6 is 0 Å². The molecule has 4 nitrogen and oxygen atoms in total. The molecule has 0 spiro atoms. The van der Waals surface area contributed by atoms with Crippen LogP contribution in [0.15, 0.2) is 12.2 Å². The monoisotopic (exact) mass is 242 g/mol.